The molecule has 0 amide bonds. The van der Waals surface area contributed by atoms with Crippen LogP contribution in [0.2, 0.25) is 0 Å². The molecule has 0 aliphatic rings. The van der Waals surface area contributed by atoms with E-state index < -0.39 is 62.7 Å². The third-order valence-corrected chi connectivity index (χ3v) is 9.42. The van der Waals surface area contributed by atoms with E-state index in [1.807, 2.05) is 42.3 Å². The van der Waals surface area contributed by atoms with Crippen molar-refractivity contribution in [1.82, 2.24) is 0 Å². The van der Waals surface area contributed by atoms with Crippen molar-refractivity contribution in [3.63, 3.8) is 0 Å². The Morgan fingerprint density at radius 1 is 0.583 bits per heavy atom. The lowest BCUT2D eigenvalue weighted by Crippen LogP contribution is -2.42. The summed E-state index contributed by atoms with van der Waals surface area (Å²) in [6.07, 6.45) is -0.137. The number of aliphatic hydroxyl groups excluding tert-OH is 2. The number of Topliss-reactive ketones (excluding diaryl/α,β-unsaturated/α-hetero) is 1. The topological polar surface area (TPSA) is 280 Å². The van der Waals surface area contributed by atoms with Crippen molar-refractivity contribution in [1.29, 1.82) is 0 Å². The first-order valence-electron chi connectivity index (χ1n) is 18.8. The van der Waals surface area contributed by atoms with Gasteiger partial charge in [-0.1, -0.05) is 20.1 Å². The molecule has 0 saturated heterocycles. The number of carbonyl (C=O) groups excluding carboxylic acids is 5. The van der Waals surface area contributed by atoms with E-state index in [0.717, 1.165) is 0 Å². The van der Waals surface area contributed by atoms with E-state index in [2.05, 4.69) is 36.2 Å². The monoisotopic (exact) mass is 908 g/mol. The molecule has 0 rings (SSSR count). The zero-order valence-corrected chi connectivity index (χ0v) is 39.2. The highest BCUT2D eigenvalue weighted by Crippen LogP contribution is 2.39. The SMILES string of the molecule is C=C(C)C(=O)OCCO.C=C(C)C(=O)OCCOP(=O)([O-])OCC[N+](C)(C)C.CCC(C)(C(=O)CC(C)(C)C(=O)OCCOP(=O)([O-])OCC[N+](C)(C)C)C(=O)OCCO. The van der Waals surface area contributed by atoms with Crippen LogP contribution in [0, 0.1) is 10.8 Å². The molecule has 60 heavy (non-hydrogen) atoms. The number of phosphoric acid groups is 2. The third kappa shape index (κ3) is 31.9. The number of rotatable bonds is 28. The fraction of sp³-hybridized carbons (Fsp3) is 0.757. The second-order valence-electron chi connectivity index (χ2n) is 16.0. The predicted octanol–water partition coefficient (Wildman–Crippen LogP) is 1.09. The Morgan fingerprint density at radius 2 is 0.917 bits per heavy atom. The average Bonchev–Trinajstić information content (AvgIpc) is 3.11. The van der Waals surface area contributed by atoms with E-state index in [-0.39, 0.29) is 77.9 Å². The lowest BCUT2D eigenvalue weighted by atomic mass is 9.75. The minimum Gasteiger partial charge on any atom is -0.756 e. The van der Waals surface area contributed by atoms with E-state index in [1.165, 1.54) is 27.7 Å². The van der Waals surface area contributed by atoms with Crippen LogP contribution in [0.4, 0.5) is 0 Å². The Balaban J connectivity index is -0.000000971. The number of ether oxygens (including phenoxy) is 4. The van der Waals surface area contributed by atoms with Gasteiger partial charge in [-0.2, -0.15) is 0 Å². The van der Waals surface area contributed by atoms with Crippen molar-refractivity contribution in [3.05, 3.63) is 24.3 Å². The predicted molar refractivity (Wildman–Crippen MR) is 214 cm³/mol. The normalized spacial score (nSPS) is 14.5. The third-order valence-electron chi connectivity index (χ3n) is 7.43. The Bertz CT molecular complexity index is 1470. The zero-order valence-electron chi connectivity index (χ0n) is 37.4. The molecule has 0 saturated carbocycles. The smallest absolute Gasteiger partial charge is 0.333 e. The van der Waals surface area contributed by atoms with Gasteiger partial charge in [0, 0.05) is 17.6 Å². The zero-order chi connectivity index (χ0) is 47.6. The van der Waals surface area contributed by atoms with Crippen molar-refractivity contribution >= 4 is 45.3 Å². The first-order chi connectivity index (χ1) is 27.2. The Kier molecular flexibility index (Phi) is 30.1. The van der Waals surface area contributed by atoms with Gasteiger partial charge in [0.15, 0.2) is 5.78 Å². The van der Waals surface area contributed by atoms with Gasteiger partial charge in [-0.3, -0.25) is 23.5 Å². The van der Waals surface area contributed by atoms with Crippen LogP contribution in [0.3, 0.4) is 0 Å². The van der Waals surface area contributed by atoms with Gasteiger partial charge in [0.1, 0.15) is 58.1 Å². The molecule has 352 valence electrons. The van der Waals surface area contributed by atoms with Crippen LogP contribution < -0.4 is 9.79 Å². The standard InChI is InChI=1S/C20H38NO10P.C11H22NO6P.C6H10O3/c1-8-20(4,18(25)28-12-10-22)16(23)15-19(2,3)17(24)29-13-14-31-32(26,27)30-11-9-21(5,6)7;1-10(2)11(13)16-8-9-18-19(14,15)17-7-6-12(3,4)5;1-5(2)6(8)9-4-3-7/h22H,8-15H2,1-7H3;1,6-9H2,2-5H3;7H,1,3-4H2,2H3. The average molecular weight is 909 g/mol. The van der Waals surface area contributed by atoms with Gasteiger partial charge >= 0.3 is 23.9 Å². The number of hydrogen-bond donors (Lipinski definition) is 2. The second-order valence-corrected chi connectivity index (χ2v) is 18.8. The first kappa shape index (κ1) is 61.4. The van der Waals surface area contributed by atoms with Crippen molar-refractivity contribution in [3.8, 4) is 0 Å². The molecule has 0 aliphatic carbocycles. The summed E-state index contributed by atoms with van der Waals surface area (Å²) in [6.45, 7) is 14.9. The number of quaternary nitrogens is 2. The van der Waals surface area contributed by atoms with E-state index in [1.54, 1.807) is 13.8 Å². The summed E-state index contributed by atoms with van der Waals surface area (Å²) in [5.41, 5.74) is -2.14. The van der Waals surface area contributed by atoms with E-state index >= 15 is 0 Å². The Morgan fingerprint density at radius 3 is 1.27 bits per heavy atom. The van der Waals surface area contributed by atoms with Crippen molar-refractivity contribution in [2.24, 2.45) is 10.8 Å². The van der Waals surface area contributed by atoms with Crippen LogP contribution in [0.15, 0.2) is 24.3 Å². The van der Waals surface area contributed by atoms with Crippen molar-refractivity contribution in [2.75, 3.05) is 121 Å². The molecule has 0 bridgehead atoms. The quantitative estimate of drug-likeness (QED) is 0.0211. The highest BCUT2D eigenvalue weighted by atomic mass is 31.2. The van der Waals surface area contributed by atoms with Gasteiger partial charge in [-0.05, 0) is 41.0 Å². The first-order valence-corrected chi connectivity index (χ1v) is 21.7. The number of nitrogens with zero attached hydrogens (tertiary/aromatic N) is 2. The van der Waals surface area contributed by atoms with Gasteiger partial charge in [0.05, 0.1) is 74.1 Å². The molecule has 2 N–H and O–H groups in total. The summed E-state index contributed by atoms with van der Waals surface area (Å²) in [5, 5.41) is 17.0. The molecule has 0 aliphatic heterocycles. The molecule has 0 heterocycles. The molecule has 21 nitrogen and oxygen atoms in total. The lowest BCUT2D eigenvalue weighted by Gasteiger charge is -2.29. The minimum absolute atomic E-state index is 0.0375. The van der Waals surface area contributed by atoms with Gasteiger partial charge in [-0.15, -0.1) is 0 Å². The van der Waals surface area contributed by atoms with Gasteiger partial charge < -0.3 is 66.0 Å². The van der Waals surface area contributed by atoms with Crippen LogP contribution in [-0.4, -0.2) is 170 Å². The lowest BCUT2D eigenvalue weighted by molar-refractivity contribution is -0.870. The Labute approximate surface area is 354 Å². The Hall–Kier alpha value is -2.91. The van der Waals surface area contributed by atoms with E-state index in [0.29, 0.717) is 27.6 Å². The van der Waals surface area contributed by atoms with Crippen molar-refractivity contribution in [2.45, 2.75) is 54.4 Å². The highest BCUT2D eigenvalue weighted by molar-refractivity contribution is 7.46. The molecular formula is C37H70N2O19P2. The number of phosphoric ester groups is 2. The summed E-state index contributed by atoms with van der Waals surface area (Å²) >= 11 is 0. The molecule has 23 heteroatoms. The molecule has 3 atom stereocenters. The molecule has 0 aromatic heterocycles. The maximum Gasteiger partial charge on any atom is 0.333 e. The van der Waals surface area contributed by atoms with Crippen molar-refractivity contribution < 1.29 is 99.1 Å². The maximum atomic E-state index is 12.8. The summed E-state index contributed by atoms with van der Waals surface area (Å²) in [6, 6.07) is 0. The molecular weight excluding hydrogens is 838 g/mol. The summed E-state index contributed by atoms with van der Waals surface area (Å²) in [5.74, 6) is -3.06. The van der Waals surface area contributed by atoms with Crippen LogP contribution in [0.5, 0.6) is 0 Å². The fourth-order valence-electron chi connectivity index (χ4n) is 3.50. The molecule has 0 spiro atoms. The van der Waals surface area contributed by atoms with Gasteiger partial charge in [0.2, 0.25) is 0 Å². The van der Waals surface area contributed by atoms with Crippen LogP contribution in [-0.2, 0) is 70.1 Å². The molecule has 3 unspecified atom stereocenters. The van der Waals surface area contributed by atoms with E-state index in [4.69, 9.17) is 24.2 Å². The summed E-state index contributed by atoms with van der Waals surface area (Å²) in [7, 11) is 2.53. The fourth-order valence-corrected chi connectivity index (χ4v) is 4.85. The van der Waals surface area contributed by atoms with Crippen LogP contribution in [0.25, 0.3) is 0 Å². The number of hydrogen-bond acceptors (Lipinski definition) is 19. The summed E-state index contributed by atoms with van der Waals surface area (Å²) < 4.78 is 61.8. The molecule has 0 radical (unpaired) electrons. The van der Waals surface area contributed by atoms with Crippen LogP contribution in [0.1, 0.15) is 54.4 Å². The maximum absolute atomic E-state index is 12.8. The minimum atomic E-state index is -4.52. The number of carbonyl (C=O) groups is 5. The molecule has 0 aromatic carbocycles. The number of ketones is 1. The van der Waals surface area contributed by atoms with Crippen LogP contribution >= 0.6 is 15.6 Å². The largest absolute Gasteiger partial charge is 0.756 e. The molecule has 0 fully saturated rings. The van der Waals surface area contributed by atoms with Gasteiger partial charge in [0.25, 0.3) is 15.6 Å². The van der Waals surface area contributed by atoms with E-state index in [9.17, 15) is 42.9 Å². The number of likely N-dealkylation sites (N-methyl/N-ethyl adjacent to an activating group) is 2. The number of esters is 4. The summed E-state index contributed by atoms with van der Waals surface area (Å²) in [4.78, 5) is 81.9. The number of aliphatic hydroxyl groups is 2. The second kappa shape index (κ2) is 29.4. The molecule has 0 aromatic rings. The highest BCUT2D eigenvalue weighted by Gasteiger charge is 2.44. The van der Waals surface area contributed by atoms with Gasteiger partial charge in [-0.25, -0.2) is 9.59 Å².